The van der Waals surface area contributed by atoms with Crippen LogP contribution in [0.2, 0.25) is 5.02 Å². The van der Waals surface area contributed by atoms with Crippen LogP contribution in [0.3, 0.4) is 0 Å². The van der Waals surface area contributed by atoms with Crippen LogP contribution in [0.1, 0.15) is 36.0 Å². The second-order valence-electron chi connectivity index (χ2n) is 5.85. The zero-order chi connectivity index (χ0) is 14.8. The number of nitrogens with one attached hydrogen (secondary N) is 1. The Morgan fingerprint density at radius 1 is 1.24 bits per heavy atom. The van der Waals surface area contributed by atoms with Gasteiger partial charge in [-0.1, -0.05) is 18.0 Å². The Labute approximate surface area is 128 Å². The number of piperidine rings is 1. The predicted octanol–water partition coefficient (Wildman–Crippen LogP) is 1.73. The first-order valence-corrected chi connectivity index (χ1v) is 7.94. The molecule has 3 rings (SSSR count). The largest absolute Gasteiger partial charge is 0.337 e. The molecule has 1 atom stereocenters. The fourth-order valence-electron chi connectivity index (χ4n) is 3.29. The monoisotopic (exact) mass is 309 g/mol. The van der Waals surface area contributed by atoms with Gasteiger partial charge in [-0.3, -0.25) is 14.5 Å². The Balaban J connectivity index is 1.69. The van der Waals surface area contributed by atoms with Crippen molar-refractivity contribution in [3.63, 3.8) is 0 Å². The number of hydrogen-bond acceptors (Lipinski definition) is 3. The van der Waals surface area contributed by atoms with E-state index < -0.39 is 0 Å². The van der Waals surface area contributed by atoms with Crippen molar-refractivity contribution in [2.45, 2.75) is 31.7 Å². The van der Waals surface area contributed by atoms with Gasteiger partial charge in [-0.05, 0) is 38.4 Å². The number of H-pyrrole nitrogens is 1. The maximum absolute atomic E-state index is 12.5. The maximum atomic E-state index is 12.5. The molecular weight excluding hydrogens is 290 g/mol. The van der Waals surface area contributed by atoms with Crippen molar-refractivity contribution < 1.29 is 4.79 Å². The fraction of sp³-hybridized carbons (Fsp3) is 0.600. The molecule has 1 aromatic rings. The number of rotatable bonds is 2. The predicted molar refractivity (Wildman–Crippen MR) is 81.8 cm³/mol. The number of nitrogens with zero attached hydrogens (tertiary/aromatic N) is 2. The van der Waals surface area contributed by atoms with E-state index in [1.54, 1.807) is 4.90 Å². The molecule has 0 radical (unpaired) electrons. The highest BCUT2D eigenvalue weighted by Gasteiger charge is 2.32. The van der Waals surface area contributed by atoms with Crippen LogP contribution in [0.4, 0.5) is 0 Å². The average Bonchev–Trinajstić information content (AvgIpc) is 3.00. The van der Waals surface area contributed by atoms with Crippen LogP contribution in [0, 0.1) is 0 Å². The molecule has 0 spiro atoms. The summed E-state index contributed by atoms with van der Waals surface area (Å²) < 4.78 is 0. The summed E-state index contributed by atoms with van der Waals surface area (Å²) in [5, 5.41) is 0.379. The number of carbonyl (C=O) groups excluding carboxylic acids is 1. The highest BCUT2D eigenvalue weighted by molar-refractivity contribution is 6.30. The van der Waals surface area contributed by atoms with Crippen LogP contribution >= 0.6 is 11.6 Å². The minimum absolute atomic E-state index is 0.141. The minimum Gasteiger partial charge on any atom is -0.337 e. The van der Waals surface area contributed by atoms with Crippen LogP contribution in [0.15, 0.2) is 17.1 Å². The van der Waals surface area contributed by atoms with Gasteiger partial charge in [0.1, 0.15) is 5.56 Å². The summed E-state index contributed by atoms with van der Waals surface area (Å²) >= 11 is 5.87. The van der Waals surface area contributed by atoms with E-state index in [4.69, 9.17) is 11.6 Å². The van der Waals surface area contributed by atoms with Crippen LogP contribution in [-0.2, 0) is 0 Å². The molecule has 6 heteroatoms. The maximum Gasteiger partial charge on any atom is 0.260 e. The lowest BCUT2D eigenvalue weighted by atomic mass is 10.1. The second kappa shape index (κ2) is 6.20. The van der Waals surface area contributed by atoms with Gasteiger partial charge in [-0.2, -0.15) is 0 Å². The molecule has 0 aromatic carbocycles. The number of likely N-dealkylation sites (tertiary alicyclic amines) is 2. The number of aromatic nitrogens is 1. The van der Waals surface area contributed by atoms with Crippen molar-refractivity contribution in [1.29, 1.82) is 0 Å². The standard InChI is InChI=1S/C15H20ClN3O2/c16-11-8-13(14(20)17-9-11)15(21)19-7-4-12(10-19)18-5-2-1-3-6-18/h8-9,12H,1-7,10H2,(H,17,20). The molecular formula is C15H20ClN3O2. The molecule has 2 aliphatic rings. The van der Waals surface area contributed by atoms with Gasteiger partial charge in [-0.25, -0.2) is 0 Å². The molecule has 1 aromatic heterocycles. The Kier molecular flexibility index (Phi) is 4.31. The van der Waals surface area contributed by atoms with Gasteiger partial charge >= 0.3 is 0 Å². The topological polar surface area (TPSA) is 56.4 Å². The first kappa shape index (κ1) is 14.6. The van der Waals surface area contributed by atoms with Gasteiger partial charge in [0.05, 0.1) is 5.02 Å². The lowest BCUT2D eigenvalue weighted by molar-refractivity contribution is 0.0769. The number of halogens is 1. The van der Waals surface area contributed by atoms with E-state index in [-0.39, 0.29) is 17.0 Å². The smallest absolute Gasteiger partial charge is 0.260 e. The zero-order valence-electron chi connectivity index (χ0n) is 12.0. The molecule has 0 aliphatic carbocycles. The summed E-state index contributed by atoms with van der Waals surface area (Å²) in [6, 6.07) is 1.89. The van der Waals surface area contributed by atoms with E-state index in [9.17, 15) is 9.59 Å². The summed E-state index contributed by atoms with van der Waals surface area (Å²) in [5.41, 5.74) is -0.229. The molecule has 21 heavy (non-hydrogen) atoms. The first-order valence-electron chi connectivity index (χ1n) is 7.57. The van der Waals surface area contributed by atoms with E-state index in [1.807, 2.05) is 0 Å². The average molecular weight is 310 g/mol. The molecule has 5 nitrogen and oxygen atoms in total. The summed E-state index contributed by atoms with van der Waals surface area (Å²) in [6.07, 6.45) is 6.20. The SMILES string of the molecule is O=C(c1cc(Cl)c[nH]c1=O)N1CCC(N2CCCCC2)C1. The van der Waals surface area contributed by atoms with E-state index in [2.05, 4.69) is 9.88 Å². The highest BCUT2D eigenvalue weighted by atomic mass is 35.5. The quantitative estimate of drug-likeness (QED) is 0.905. The summed E-state index contributed by atoms with van der Waals surface area (Å²) in [7, 11) is 0. The second-order valence-corrected chi connectivity index (χ2v) is 6.29. The molecule has 114 valence electrons. The third-order valence-electron chi connectivity index (χ3n) is 4.46. The van der Waals surface area contributed by atoms with Crippen LogP contribution in [-0.4, -0.2) is 52.9 Å². The van der Waals surface area contributed by atoms with Crippen molar-refractivity contribution >= 4 is 17.5 Å². The van der Waals surface area contributed by atoms with Crippen molar-refractivity contribution in [2.75, 3.05) is 26.2 Å². The molecule has 2 aliphatic heterocycles. The van der Waals surface area contributed by atoms with E-state index >= 15 is 0 Å². The zero-order valence-corrected chi connectivity index (χ0v) is 12.7. The minimum atomic E-state index is -0.370. The Bertz CT molecular complexity index is 581. The molecule has 2 fully saturated rings. The Hall–Kier alpha value is -1.33. The number of carbonyl (C=O) groups is 1. The van der Waals surface area contributed by atoms with Crippen LogP contribution in [0.25, 0.3) is 0 Å². The molecule has 0 bridgehead atoms. The molecule has 1 unspecified atom stereocenters. The van der Waals surface area contributed by atoms with Gasteiger partial charge in [0, 0.05) is 25.3 Å². The van der Waals surface area contributed by atoms with Crippen LogP contribution < -0.4 is 5.56 Å². The van der Waals surface area contributed by atoms with Gasteiger partial charge < -0.3 is 9.88 Å². The summed E-state index contributed by atoms with van der Waals surface area (Å²) in [6.45, 7) is 3.69. The van der Waals surface area contributed by atoms with Gasteiger partial charge in [0.2, 0.25) is 0 Å². The summed E-state index contributed by atoms with van der Waals surface area (Å²) in [4.78, 5) is 31.0. The van der Waals surface area contributed by atoms with E-state index in [0.29, 0.717) is 24.2 Å². The Morgan fingerprint density at radius 2 is 2.00 bits per heavy atom. The van der Waals surface area contributed by atoms with Gasteiger partial charge in [-0.15, -0.1) is 0 Å². The molecule has 0 saturated carbocycles. The normalized spacial score (nSPS) is 23.5. The lowest BCUT2D eigenvalue weighted by Gasteiger charge is -2.32. The molecule has 2 saturated heterocycles. The number of amides is 1. The van der Waals surface area contributed by atoms with Gasteiger partial charge in [0.15, 0.2) is 0 Å². The van der Waals surface area contributed by atoms with Crippen LogP contribution in [0.5, 0.6) is 0 Å². The molecule has 1 amide bonds. The van der Waals surface area contributed by atoms with Gasteiger partial charge in [0.25, 0.3) is 11.5 Å². The van der Waals surface area contributed by atoms with E-state index in [0.717, 1.165) is 19.5 Å². The van der Waals surface area contributed by atoms with Crippen molar-refractivity contribution in [3.8, 4) is 0 Å². The third-order valence-corrected chi connectivity index (χ3v) is 4.67. The first-order chi connectivity index (χ1) is 10.1. The Morgan fingerprint density at radius 3 is 2.76 bits per heavy atom. The molecule has 1 N–H and O–H groups in total. The van der Waals surface area contributed by atoms with Crippen molar-refractivity contribution in [1.82, 2.24) is 14.8 Å². The highest BCUT2D eigenvalue weighted by Crippen LogP contribution is 2.21. The molecule has 3 heterocycles. The number of aromatic amines is 1. The fourth-order valence-corrected chi connectivity index (χ4v) is 3.46. The number of hydrogen-bond donors (Lipinski definition) is 1. The van der Waals surface area contributed by atoms with Crippen molar-refractivity contribution in [2.24, 2.45) is 0 Å². The van der Waals surface area contributed by atoms with E-state index in [1.165, 1.54) is 31.5 Å². The van der Waals surface area contributed by atoms with Crippen molar-refractivity contribution in [3.05, 3.63) is 33.2 Å². The summed E-state index contributed by atoms with van der Waals surface area (Å²) in [5.74, 6) is -0.210. The lowest BCUT2D eigenvalue weighted by Crippen LogP contribution is -2.42. The number of pyridine rings is 1. The third kappa shape index (κ3) is 3.14.